The maximum absolute atomic E-state index is 10.6. The third-order valence-corrected chi connectivity index (χ3v) is 4.14. The van der Waals surface area contributed by atoms with E-state index in [4.69, 9.17) is 0 Å². The molecule has 0 aliphatic heterocycles. The van der Waals surface area contributed by atoms with E-state index in [9.17, 15) is 5.11 Å². The van der Waals surface area contributed by atoms with Crippen molar-refractivity contribution in [3.63, 3.8) is 0 Å². The summed E-state index contributed by atoms with van der Waals surface area (Å²) in [6.07, 6.45) is 0.713. The molecule has 0 aliphatic carbocycles. The van der Waals surface area contributed by atoms with Crippen LogP contribution in [0.2, 0.25) is 0 Å². The van der Waals surface area contributed by atoms with Crippen molar-refractivity contribution in [1.82, 2.24) is 0 Å². The van der Waals surface area contributed by atoms with Gasteiger partial charge >= 0.3 is 0 Å². The zero-order valence-corrected chi connectivity index (χ0v) is 9.57. The lowest BCUT2D eigenvalue weighted by atomic mass is 9.92. The average Bonchev–Trinajstić information content (AvgIpc) is 2.88. The van der Waals surface area contributed by atoms with E-state index in [2.05, 4.69) is 0 Å². The quantitative estimate of drug-likeness (QED) is 0.846. The zero-order chi connectivity index (χ0) is 10.0. The van der Waals surface area contributed by atoms with Crippen LogP contribution in [0.25, 0.3) is 0 Å². The van der Waals surface area contributed by atoms with Gasteiger partial charge in [-0.25, -0.2) is 0 Å². The van der Waals surface area contributed by atoms with E-state index in [0.29, 0.717) is 6.42 Å². The van der Waals surface area contributed by atoms with E-state index in [1.165, 1.54) is 0 Å². The Labute approximate surface area is 91.7 Å². The van der Waals surface area contributed by atoms with Gasteiger partial charge in [0.25, 0.3) is 0 Å². The lowest BCUT2D eigenvalue weighted by Crippen LogP contribution is -2.24. The standard InChI is InChI=1S/C11H12OS2/c1-2-11(12,9-5-7-13-8-9)10-4-3-6-14-10/h3-8,12H,2H2,1H3. The van der Waals surface area contributed by atoms with E-state index in [1.54, 1.807) is 22.7 Å². The Balaban J connectivity index is 2.45. The first-order chi connectivity index (χ1) is 6.77. The first-order valence-corrected chi connectivity index (χ1v) is 6.38. The molecule has 0 saturated heterocycles. The van der Waals surface area contributed by atoms with E-state index in [0.717, 1.165) is 10.4 Å². The summed E-state index contributed by atoms with van der Waals surface area (Å²) in [6.45, 7) is 2.01. The van der Waals surface area contributed by atoms with Crippen molar-refractivity contribution in [2.45, 2.75) is 18.9 Å². The SMILES string of the molecule is CCC(O)(c1ccsc1)c1cccs1. The Bertz CT molecular complexity index is 341. The first-order valence-electron chi connectivity index (χ1n) is 4.56. The molecule has 1 unspecified atom stereocenters. The fourth-order valence-corrected chi connectivity index (χ4v) is 3.18. The summed E-state index contributed by atoms with van der Waals surface area (Å²) in [5.41, 5.74) is 0.223. The smallest absolute Gasteiger partial charge is 0.124 e. The summed E-state index contributed by atoms with van der Waals surface area (Å²) in [7, 11) is 0. The molecule has 3 heteroatoms. The summed E-state index contributed by atoms with van der Waals surface area (Å²) in [5, 5.41) is 16.6. The van der Waals surface area contributed by atoms with Crippen LogP contribution >= 0.6 is 22.7 Å². The van der Waals surface area contributed by atoms with Gasteiger partial charge in [0.2, 0.25) is 0 Å². The molecule has 0 aliphatic rings. The largest absolute Gasteiger partial charge is 0.380 e. The number of aliphatic hydroxyl groups is 1. The molecule has 0 saturated carbocycles. The van der Waals surface area contributed by atoms with Crippen molar-refractivity contribution in [2.24, 2.45) is 0 Å². The number of hydrogen-bond donors (Lipinski definition) is 1. The molecule has 0 radical (unpaired) electrons. The van der Waals surface area contributed by atoms with Crippen LogP contribution in [-0.2, 0) is 5.60 Å². The third kappa shape index (κ3) is 1.52. The van der Waals surface area contributed by atoms with Crippen LogP contribution in [0, 0.1) is 0 Å². The predicted molar refractivity (Wildman–Crippen MR) is 61.9 cm³/mol. The van der Waals surface area contributed by atoms with Crippen molar-refractivity contribution < 1.29 is 5.11 Å². The molecule has 1 N–H and O–H groups in total. The van der Waals surface area contributed by atoms with Crippen molar-refractivity contribution >= 4 is 22.7 Å². The van der Waals surface area contributed by atoms with Crippen LogP contribution in [0.5, 0.6) is 0 Å². The molecule has 1 atom stereocenters. The van der Waals surface area contributed by atoms with Crippen LogP contribution < -0.4 is 0 Å². The third-order valence-electron chi connectivity index (χ3n) is 2.44. The highest BCUT2D eigenvalue weighted by Gasteiger charge is 2.30. The second-order valence-electron chi connectivity index (χ2n) is 3.20. The maximum atomic E-state index is 10.6. The molecule has 0 bridgehead atoms. The van der Waals surface area contributed by atoms with E-state index >= 15 is 0 Å². The number of hydrogen-bond acceptors (Lipinski definition) is 3. The van der Waals surface area contributed by atoms with Gasteiger partial charge in [-0.2, -0.15) is 11.3 Å². The van der Waals surface area contributed by atoms with Gasteiger partial charge in [0.15, 0.2) is 0 Å². The van der Waals surface area contributed by atoms with E-state index < -0.39 is 5.60 Å². The molecule has 2 heterocycles. The van der Waals surface area contributed by atoms with Gasteiger partial charge in [0, 0.05) is 4.88 Å². The van der Waals surface area contributed by atoms with E-state index in [-0.39, 0.29) is 0 Å². The molecule has 74 valence electrons. The summed E-state index contributed by atoms with van der Waals surface area (Å²) in [5.74, 6) is 0. The molecular formula is C11H12OS2. The molecule has 0 spiro atoms. The minimum Gasteiger partial charge on any atom is -0.380 e. The summed E-state index contributed by atoms with van der Waals surface area (Å²) in [4.78, 5) is 1.03. The Morgan fingerprint density at radius 1 is 1.36 bits per heavy atom. The molecule has 0 fully saturated rings. The number of rotatable bonds is 3. The van der Waals surface area contributed by atoms with Crippen molar-refractivity contribution in [1.29, 1.82) is 0 Å². The van der Waals surface area contributed by atoms with Crippen LogP contribution in [0.4, 0.5) is 0 Å². The highest BCUT2D eigenvalue weighted by molar-refractivity contribution is 7.10. The lowest BCUT2D eigenvalue weighted by Gasteiger charge is -2.24. The minimum atomic E-state index is -0.784. The van der Waals surface area contributed by atoms with Gasteiger partial charge in [0.05, 0.1) is 0 Å². The minimum absolute atomic E-state index is 0.713. The highest BCUT2D eigenvalue weighted by Crippen LogP contribution is 2.36. The molecular weight excluding hydrogens is 212 g/mol. The average molecular weight is 224 g/mol. The molecule has 0 amide bonds. The van der Waals surface area contributed by atoms with Gasteiger partial charge in [-0.1, -0.05) is 13.0 Å². The second-order valence-corrected chi connectivity index (χ2v) is 4.93. The van der Waals surface area contributed by atoms with Gasteiger partial charge in [-0.05, 0) is 40.3 Å². The molecule has 1 nitrogen and oxygen atoms in total. The molecule has 2 aromatic rings. The van der Waals surface area contributed by atoms with E-state index in [1.807, 2.05) is 41.3 Å². The Morgan fingerprint density at radius 3 is 2.71 bits per heavy atom. The summed E-state index contributed by atoms with van der Waals surface area (Å²) >= 11 is 3.23. The maximum Gasteiger partial charge on any atom is 0.124 e. The Hall–Kier alpha value is -0.640. The predicted octanol–water partition coefficient (Wildman–Crippen LogP) is 3.46. The summed E-state index contributed by atoms with van der Waals surface area (Å²) < 4.78 is 0. The molecule has 14 heavy (non-hydrogen) atoms. The van der Waals surface area contributed by atoms with Gasteiger partial charge in [0.1, 0.15) is 5.60 Å². The normalized spacial score (nSPS) is 15.3. The van der Waals surface area contributed by atoms with Crippen LogP contribution in [-0.4, -0.2) is 5.11 Å². The first kappa shape index (κ1) is 9.90. The van der Waals surface area contributed by atoms with Crippen LogP contribution in [0.1, 0.15) is 23.8 Å². The fraction of sp³-hybridized carbons (Fsp3) is 0.273. The molecule has 2 aromatic heterocycles. The van der Waals surface area contributed by atoms with Crippen LogP contribution in [0.15, 0.2) is 34.3 Å². The zero-order valence-electron chi connectivity index (χ0n) is 7.93. The second kappa shape index (κ2) is 3.85. The monoisotopic (exact) mass is 224 g/mol. The topological polar surface area (TPSA) is 20.2 Å². The van der Waals surface area contributed by atoms with Crippen LogP contribution in [0.3, 0.4) is 0 Å². The fourth-order valence-electron chi connectivity index (χ4n) is 1.53. The Kier molecular flexibility index (Phi) is 2.72. The van der Waals surface area contributed by atoms with Crippen molar-refractivity contribution in [3.8, 4) is 0 Å². The Morgan fingerprint density at radius 2 is 2.21 bits per heavy atom. The highest BCUT2D eigenvalue weighted by atomic mass is 32.1. The summed E-state index contributed by atoms with van der Waals surface area (Å²) in [6, 6.07) is 5.96. The molecule has 2 rings (SSSR count). The lowest BCUT2D eigenvalue weighted by molar-refractivity contribution is 0.0809. The van der Waals surface area contributed by atoms with Crippen molar-refractivity contribution in [3.05, 3.63) is 44.8 Å². The number of thiophene rings is 2. The molecule has 0 aromatic carbocycles. The van der Waals surface area contributed by atoms with Gasteiger partial charge in [-0.15, -0.1) is 11.3 Å². The van der Waals surface area contributed by atoms with Gasteiger partial charge < -0.3 is 5.11 Å². The van der Waals surface area contributed by atoms with Crippen molar-refractivity contribution in [2.75, 3.05) is 0 Å². The van der Waals surface area contributed by atoms with Gasteiger partial charge in [-0.3, -0.25) is 0 Å².